The zero-order valence-corrected chi connectivity index (χ0v) is 16.1. The molecule has 0 bridgehead atoms. The number of thioether (sulfide) groups is 1. The third-order valence-electron chi connectivity index (χ3n) is 2.62. The summed E-state index contributed by atoms with van der Waals surface area (Å²) in [4.78, 5) is 11.5. The molecular formula is C13H14ClN3O4S3. The number of halogens is 1. The number of hydrogen-bond donors (Lipinski definition) is 1. The number of nitrogens with zero attached hydrogens (tertiary/aromatic N) is 2. The highest BCUT2D eigenvalue weighted by Crippen LogP contribution is 2.30. The van der Waals surface area contributed by atoms with Crippen LogP contribution >= 0.6 is 34.7 Å². The van der Waals surface area contributed by atoms with Crippen molar-refractivity contribution in [3.05, 3.63) is 28.8 Å². The summed E-state index contributed by atoms with van der Waals surface area (Å²) in [6.07, 6.45) is 0. The minimum Gasteiger partial charge on any atom is -0.465 e. The number of carbonyl (C=O) groups excluding carboxylic acids is 1. The van der Waals surface area contributed by atoms with Crippen LogP contribution in [0.5, 0.6) is 0 Å². The standard InChI is InChI=1S/C13H14ClN3O4S3/c1-7(2)22-13-16-15-12(23-13)17-24(19,20)8-4-5-10(14)9(6-8)11(18)21-3/h4-7H,1-3H3,(H,15,17). The van der Waals surface area contributed by atoms with E-state index in [0.717, 1.165) is 17.4 Å². The van der Waals surface area contributed by atoms with Gasteiger partial charge in [0.15, 0.2) is 4.34 Å². The van der Waals surface area contributed by atoms with Crippen LogP contribution in [0.1, 0.15) is 24.2 Å². The van der Waals surface area contributed by atoms with Crippen molar-refractivity contribution in [2.45, 2.75) is 28.3 Å². The number of hydrogen-bond acceptors (Lipinski definition) is 8. The van der Waals surface area contributed by atoms with Gasteiger partial charge in [-0.1, -0.05) is 48.5 Å². The molecule has 0 aliphatic rings. The molecule has 24 heavy (non-hydrogen) atoms. The van der Waals surface area contributed by atoms with Crippen LogP contribution in [0.15, 0.2) is 27.4 Å². The van der Waals surface area contributed by atoms with Gasteiger partial charge < -0.3 is 4.74 Å². The minimum atomic E-state index is -3.93. The first-order chi connectivity index (χ1) is 11.2. The van der Waals surface area contributed by atoms with Crippen LogP contribution in [0.25, 0.3) is 0 Å². The smallest absolute Gasteiger partial charge is 0.339 e. The maximum Gasteiger partial charge on any atom is 0.339 e. The Labute approximate surface area is 152 Å². The third kappa shape index (κ3) is 4.59. The van der Waals surface area contributed by atoms with Gasteiger partial charge >= 0.3 is 5.97 Å². The number of nitrogens with one attached hydrogen (secondary N) is 1. The second-order valence-corrected chi connectivity index (χ2v) is 9.67. The number of aromatic nitrogens is 2. The van der Waals surface area contributed by atoms with Gasteiger partial charge in [-0.15, -0.1) is 10.2 Å². The fraction of sp³-hybridized carbons (Fsp3) is 0.308. The molecule has 0 saturated heterocycles. The maximum atomic E-state index is 12.4. The van der Waals surface area contributed by atoms with E-state index in [1.165, 1.54) is 31.0 Å². The molecule has 0 aliphatic carbocycles. The van der Waals surface area contributed by atoms with Crippen molar-refractivity contribution < 1.29 is 17.9 Å². The van der Waals surface area contributed by atoms with Crippen LogP contribution in [0.2, 0.25) is 5.02 Å². The zero-order chi connectivity index (χ0) is 17.9. The van der Waals surface area contributed by atoms with Gasteiger partial charge in [0, 0.05) is 5.25 Å². The number of benzene rings is 1. The van der Waals surface area contributed by atoms with Gasteiger partial charge in [0.25, 0.3) is 10.0 Å². The largest absolute Gasteiger partial charge is 0.465 e. The summed E-state index contributed by atoms with van der Waals surface area (Å²) in [5.74, 6) is -0.719. The molecule has 1 aromatic carbocycles. The van der Waals surface area contributed by atoms with Crippen molar-refractivity contribution in [1.29, 1.82) is 0 Å². The number of esters is 1. The first-order valence-corrected chi connectivity index (χ1v) is 10.2. The van der Waals surface area contributed by atoms with Crippen molar-refractivity contribution in [3.8, 4) is 0 Å². The molecule has 2 aromatic rings. The number of rotatable bonds is 6. The summed E-state index contributed by atoms with van der Waals surface area (Å²) in [6, 6.07) is 3.77. The van der Waals surface area contributed by atoms with E-state index in [0.29, 0.717) is 9.59 Å². The summed E-state index contributed by atoms with van der Waals surface area (Å²) in [5, 5.41) is 8.28. The van der Waals surface area contributed by atoms with E-state index in [-0.39, 0.29) is 20.6 Å². The number of anilines is 1. The van der Waals surface area contributed by atoms with Gasteiger partial charge in [0.2, 0.25) is 5.13 Å². The number of carbonyl (C=O) groups is 1. The van der Waals surface area contributed by atoms with Crippen molar-refractivity contribution in [3.63, 3.8) is 0 Å². The van der Waals surface area contributed by atoms with Gasteiger partial charge in [-0.3, -0.25) is 4.72 Å². The third-order valence-corrected chi connectivity index (χ3v) is 6.34. The number of ether oxygens (including phenoxy) is 1. The number of methoxy groups -OCH3 is 1. The van der Waals surface area contributed by atoms with Crippen LogP contribution in [0.4, 0.5) is 5.13 Å². The highest BCUT2D eigenvalue weighted by atomic mass is 35.5. The molecule has 7 nitrogen and oxygen atoms in total. The fourth-order valence-electron chi connectivity index (χ4n) is 1.61. The lowest BCUT2D eigenvalue weighted by Gasteiger charge is -2.07. The Morgan fingerprint density at radius 3 is 2.71 bits per heavy atom. The highest BCUT2D eigenvalue weighted by Gasteiger charge is 2.21. The molecule has 2 rings (SSSR count). The van der Waals surface area contributed by atoms with Crippen molar-refractivity contribution in [2.75, 3.05) is 11.8 Å². The monoisotopic (exact) mass is 407 g/mol. The fourth-order valence-corrected chi connectivity index (χ4v) is 5.04. The molecule has 1 heterocycles. The van der Waals surface area contributed by atoms with Gasteiger partial charge in [0.05, 0.1) is 22.6 Å². The Hall–Kier alpha value is -1.36. The summed E-state index contributed by atoms with van der Waals surface area (Å²) in [6.45, 7) is 4.00. The minimum absolute atomic E-state index is 0.0321. The van der Waals surface area contributed by atoms with E-state index in [4.69, 9.17) is 11.6 Å². The summed E-state index contributed by atoms with van der Waals surface area (Å²) >= 11 is 8.51. The van der Waals surface area contributed by atoms with E-state index < -0.39 is 16.0 Å². The maximum absolute atomic E-state index is 12.4. The van der Waals surface area contributed by atoms with Gasteiger partial charge in [-0.25, -0.2) is 13.2 Å². The second-order valence-electron chi connectivity index (χ2n) is 4.78. The first kappa shape index (κ1) is 19.0. The van der Waals surface area contributed by atoms with E-state index in [1.54, 1.807) is 0 Å². The molecule has 0 amide bonds. The Morgan fingerprint density at radius 1 is 1.38 bits per heavy atom. The van der Waals surface area contributed by atoms with Crippen molar-refractivity contribution in [1.82, 2.24) is 10.2 Å². The topological polar surface area (TPSA) is 98.2 Å². The average Bonchev–Trinajstić information content (AvgIpc) is 2.92. The van der Waals surface area contributed by atoms with E-state index in [9.17, 15) is 13.2 Å². The van der Waals surface area contributed by atoms with Crippen molar-refractivity contribution in [2.24, 2.45) is 0 Å². The lowest BCUT2D eigenvalue weighted by atomic mass is 10.2. The van der Waals surface area contributed by atoms with E-state index in [1.807, 2.05) is 13.8 Å². The lowest BCUT2D eigenvalue weighted by molar-refractivity contribution is 0.0600. The Morgan fingerprint density at radius 2 is 2.08 bits per heavy atom. The van der Waals surface area contributed by atoms with Crippen LogP contribution < -0.4 is 4.72 Å². The number of sulfonamides is 1. The van der Waals surface area contributed by atoms with Gasteiger partial charge in [-0.2, -0.15) is 0 Å². The Kier molecular flexibility index (Phi) is 6.07. The van der Waals surface area contributed by atoms with E-state index in [2.05, 4.69) is 19.7 Å². The molecule has 0 saturated carbocycles. The molecule has 1 aromatic heterocycles. The van der Waals surface area contributed by atoms with Crippen molar-refractivity contribution >= 4 is 55.8 Å². The SMILES string of the molecule is COC(=O)c1cc(S(=O)(=O)Nc2nnc(SC(C)C)s2)ccc1Cl. The molecular weight excluding hydrogens is 394 g/mol. The molecule has 130 valence electrons. The molecule has 1 N–H and O–H groups in total. The zero-order valence-electron chi connectivity index (χ0n) is 12.9. The Bertz CT molecular complexity index is 852. The highest BCUT2D eigenvalue weighted by molar-refractivity contribution is 8.01. The van der Waals surface area contributed by atoms with E-state index >= 15 is 0 Å². The van der Waals surface area contributed by atoms with Crippen LogP contribution in [-0.2, 0) is 14.8 Å². The molecule has 0 fully saturated rings. The predicted octanol–water partition coefficient (Wildman–Crippen LogP) is 3.28. The molecule has 11 heteroatoms. The first-order valence-electron chi connectivity index (χ1n) is 6.64. The summed E-state index contributed by atoms with van der Waals surface area (Å²) < 4.78 is 32.4. The molecule has 0 aliphatic heterocycles. The normalized spacial score (nSPS) is 11.5. The van der Waals surface area contributed by atoms with Crippen LogP contribution in [0, 0.1) is 0 Å². The molecule has 0 radical (unpaired) electrons. The second kappa shape index (κ2) is 7.68. The van der Waals surface area contributed by atoms with Gasteiger partial charge in [-0.05, 0) is 18.2 Å². The summed E-state index contributed by atoms with van der Waals surface area (Å²) in [7, 11) is -2.74. The predicted molar refractivity (Wildman–Crippen MR) is 94.5 cm³/mol. The molecule has 0 spiro atoms. The van der Waals surface area contributed by atoms with Gasteiger partial charge in [0.1, 0.15) is 0 Å². The Balaban J connectivity index is 2.27. The molecule has 0 unspecified atom stereocenters. The lowest BCUT2D eigenvalue weighted by Crippen LogP contribution is -2.14. The average molecular weight is 408 g/mol. The van der Waals surface area contributed by atoms with Crippen LogP contribution in [0.3, 0.4) is 0 Å². The van der Waals surface area contributed by atoms with Crippen LogP contribution in [-0.4, -0.2) is 36.9 Å². The summed E-state index contributed by atoms with van der Waals surface area (Å²) in [5.41, 5.74) is -0.0321. The quantitative estimate of drug-likeness (QED) is 0.579. The molecule has 0 atom stereocenters.